The van der Waals surface area contributed by atoms with Gasteiger partial charge >= 0.3 is 12.1 Å². The van der Waals surface area contributed by atoms with Crippen molar-refractivity contribution in [2.75, 3.05) is 49.8 Å². The predicted octanol–water partition coefficient (Wildman–Crippen LogP) is 3.07. The number of amides is 3. The Bertz CT molecular complexity index is 1100. The number of rotatable bonds is 6. The summed E-state index contributed by atoms with van der Waals surface area (Å²) < 4.78 is 38.1. The molecule has 2 aliphatic rings. The van der Waals surface area contributed by atoms with Crippen LogP contribution in [0.1, 0.15) is 25.1 Å². The number of nitrogens with zero attached hydrogens (tertiary/aromatic N) is 4. The fourth-order valence-corrected chi connectivity index (χ4v) is 4.09. The highest BCUT2D eigenvalue weighted by molar-refractivity contribution is 5.89. The third-order valence-corrected chi connectivity index (χ3v) is 5.77. The van der Waals surface area contributed by atoms with Gasteiger partial charge in [-0.3, -0.25) is 4.90 Å². The fraction of sp³-hybridized carbons (Fsp3) is 0.478. The van der Waals surface area contributed by atoms with Crippen LogP contribution in [-0.4, -0.2) is 72.6 Å². The average Bonchev–Trinajstić information content (AvgIpc) is 3.27. The number of halogens is 2. The quantitative estimate of drug-likeness (QED) is 0.641. The monoisotopic (exact) mass is 490 g/mol. The van der Waals surface area contributed by atoms with Gasteiger partial charge in [0, 0.05) is 24.3 Å². The van der Waals surface area contributed by atoms with E-state index >= 15 is 4.39 Å². The lowest BCUT2D eigenvalue weighted by atomic mass is 10.1. The van der Waals surface area contributed by atoms with Crippen molar-refractivity contribution >= 4 is 23.6 Å². The highest BCUT2D eigenvalue weighted by Gasteiger charge is 2.33. The number of ether oxygens (including phenoxy) is 2. The number of carbonyl (C=O) groups is 2. The molecule has 1 unspecified atom stereocenters. The molecule has 2 aromatic rings. The normalized spacial score (nSPS) is 17.2. The van der Waals surface area contributed by atoms with Crippen LogP contribution in [0.5, 0.6) is 0 Å². The molecule has 0 spiro atoms. The minimum atomic E-state index is -0.700. The molecular weight excluding hydrogens is 462 g/mol. The number of nitrogens with one attached hydrogen (secondary N) is 2. The molecule has 12 heteroatoms. The van der Waals surface area contributed by atoms with Crippen molar-refractivity contribution in [3.63, 3.8) is 0 Å². The van der Waals surface area contributed by atoms with Gasteiger partial charge in [-0.2, -0.15) is 0 Å². The Morgan fingerprint density at radius 2 is 2.11 bits per heavy atom. The van der Waals surface area contributed by atoms with E-state index in [4.69, 9.17) is 14.5 Å². The molecule has 0 aliphatic carbocycles. The van der Waals surface area contributed by atoms with Crippen molar-refractivity contribution in [1.29, 1.82) is 0 Å². The lowest BCUT2D eigenvalue weighted by Gasteiger charge is -2.35. The molecule has 0 radical (unpaired) electrons. The average molecular weight is 491 g/mol. The molecule has 188 valence electrons. The van der Waals surface area contributed by atoms with Crippen LogP contribution in [0.15, 0.2) is 18.2 Å². The first kappa shape index (κ1) is 24.6. The van der Waals surface area contributed by atoms with Crippen LogP contribution < -0.4 is 15.5 Å². The Hall–Kier alpha value is -3.54. The molecule has 1 atom stereocenters. The number of alkyl halides is 1. The molecule has 0 saturated carbocycles. The Kier molecular flexibility index (Phi) is 7.59. The molecule has 2 aliphatic heterocycles. The van der Waals surface area contributed by atoms with Crippen molar-refractivity contribution in [1.82, 2.24) is 20.2 Å². The summed E-state index contributed by atoms with van der Waals surface area (Å²) in [6.45, 7) is 5.35. The van der Waals surface area contributed by atoms with Gasteiger partial charge in [0.05, 0.1) is 50.2 Å². The van der Waals surface area contributed by atoms with Gasteiger partial charge in [-0.15, -0.1) is 0 Å². The number of urea groups is 1. The molecule has 0 bridgehead atoms. The van der Waals surface area contributed by atoms with Gasteiger partial charge in [-0.05, 0) is 32.0 Å². The standard InChI is InChI=1S/C23H28F2N6O4/c1-3-35-23(33)30-11-17-19(12-30)28-20(29-21(17)31-8-9-34-13-14(31)2)16-5-4-15(10-18(16)25)27-22(32)26-7-6-24/h4-5,10,14H,3,6-9,11-13H2,1-2H3,(H2,26,27,32). The number of anilines is 2. The van der Waals surface area contributed by atoms with E-state index < -0.39 is 24.6 Å². The van der Waals surface area contributed by atoms with Gasteiger partial charge < -0.3 is 25.0 Å². The summed E-state index contributed by atoms with van der Waals surface area (Å²) in [5, 5.41) is 4.77. The van der Waals surface area contributed by atoms with Crippen molar-refractivity contribution < 1.29 is 27.8 Å². The van der Waals surface area contributed by atoms with Crippen LogP contribution in [0.25, 0.3) is 11.4 Å². The fourth-order valence-electron chi connectivity index (χ4n) is 4.09. The first-order chi connectivity index (χ1) is 16.9. The minimum Gasteiger partial charge on any atom is -0.450 e. The highest BCUT2D eigenvalue weighted by atomic mass is 19.1. The minimum absolute atomic E-state index is 0.0338. The van der Waals surface area contributed by atoms with E-state index in [0.717, 1.165) is 11.6 Å². The molecule has 1 aromatic carbocycles. The van der Waals surface area contributed by atoms with E-state index in [1.807, 2.05) is 6.92 Å². The van der Waals surface area contributed by atoms with Gasteiger partial charge in [0.2, 0.25) is 0 Å². The molecule has 1 aromatic heterocycles. The van der Waals surface area contributed by atoms with Crippen LogP contribution in [0.3, 0.4) is 0 Å². The predicted molar refractivity (Wildman–Crippen MR) is 124 cm³/mol. The van der Waals surface area contributed by atoms with Crippen LogP contribution in [0.4, 0.5) is 29.9 Å². The van der Waals surface area contributed by atoms with Crippen LogP contribution in [0, 0.1) is 5.82 Å². The molecule has 3 amide bonds. The largest absolute Gasteiger partial charge is 0.450 e. The maximum absolute atomic E-state index is 15.1. The first-order valence-electron chi connectivity index (χ1n) is 11.5. The summed E-state index contributed by atoms with van der Waals surface area (Å²) in [7, 11) is 0. The Morgan fingerprint density at radius 1 is 1.29 bits per heavy atom. The molecule has 10 nitrogen and oxygen atoms in total. The van der Waals surface area contributed by atoms with Gasteiger partial charge in [0.15, 0.2) is 5.82 Å². The molecular formula is C23H28F2N6O4. The molecule has 3 heterocycles. The van der Waals surface area contributed by atoms with Crippen LogP contribution in [0.2, 0.25) is 0 Å². The lowest BCUT2D eigenvalue weighted by Crippen LogP contribution is -2.44. The highest BCUT2D eigenvalue weighted by Crippen LogP contribution is 2.34. The van der Waals surface area contributed by atoms with E-state index in [9.17, 15) is 14.0 Å². The summed E-state index contributed by atoms with van der Waals surface area (Å²) in [6.07, 6.45) is -0.444. The summed E-state index contributed by atoms with van der Waals surface area (Å²) in [5.41, 5.74) is 1.79. The number of hydrogen-bond donors (Lipinski definition) is 2. The van der Waals surface area contributed by atoms with Crippen LogP contribution >= 0.6 is 0 Å². The maximum atomic E-state index is 15.1. The van der Waals surface area contributed by atoms with Crippen LogP contribution in [-0.2, 0) is 22.6 Å². The Balaban J connectivity index is 1.67. The van der Waals surface area contributed by atoms with E-state index in [2.05, 4.69) is 20.5 Å². The summed E-state index contributed by atoms with van der Waals surface area (Å²) in [6, 6.07) is 3.55. The SMILES string of the molecule is CCOC(=O)N1Cc2nc(-c3ccc(NC(=O)NCCF)cc3F)nc(N3CCOCC3C)c2C1. The van der Waals surface area contributed by atoms with Gasteiger partial charge in [0.25, 0.3) is 0 Å². The zero-order chi connectivity index (χ0) is 24.9. The van der Waals surface area contributed by atoms with E-state index in [0.29, 0.717) is 37.8 Å². The number of benzene rings is 1. The zero-order valence-corrected chi connectivity index (χ0v) is 19.6. The topological polar surface area (TPSA) is 109 Å². The van der Waals surface area contributed by atoms with Gasteiger partial charge in [-0.25, -0.2) is 28.3 Å². The van der Waals surface area contributed by atoms with Crippen molar-refractivity contribution in [3.8, 4) is 11.4 Å². The number of hydrogen-bond acceptors (Lipinski definition) is 7. The molecule has 35 heavy (non-hydrogen) atoms. The number of morpholine rings is 1. The van der Waals surface area contributed by atoms with E-state index in [1.54, 1.807) is 11.8 Å². The van der Waals surface area contributed by atoms with Crippen molar-refractivity contribution in [3.05, 3.63) is 35.3 Å². The number of carbonyl (C=O) groups excluding carboxylic acids is 2. The van der Waals surface area contributed by atoms with Gasteiger partial charge in [-0.1, -0.05) is 0 Å². The summed E-state index contributed by atoms with van der Waals surface area (Å²) in [5.74, 6) is 0.184. The Labute approximate surface area is 201 Å². The smallest absolute Gasteiger partial charge is 0.410 e. The number of fused-ring (bicyclic) bond motifs is 1. The number of aromatic nitrogens is 2. The third kappa shape index (κ3) is 5.42. The second kappa shape index (κ2) is 10.8. The molecule has 2 N–H and O–H groups in total. The Morgan fingerprint density at radius 3 is 2.83 bits per heavy atom. The molecule has 1 saturated heterocycles. The van der Waals surface area contributed by atoms with E-state index in [1.165, 1.54) is 12.1 Å². The summed E-state index contributed by atoms with van der Waals surface area (Å²) >= 11 is 0. The van der Waals surface area contributed by atoms with E-state index in [-0.39, 0.29) is 42.8 Å². The van der Waals surface area contributed by atoms with Gasteiger partial charge in [0.1, 0.15) is 18.3 Å². The van der Waals surface area contributed by atoms with Crippen molar-refractivity contribution in [2.24, 2.45) is 0 Å². The second-order valence-electron chi connectivity index (χ2n) is 8.23. The first-order valence-corrected chi connectivity index (χ1v) is 11.5. The second-order valence-corrected chi connectivity index (χ2v) is 8.23. The van der Waals surface area contributed by atoms with Crippen molar-refractivity contribution in [2.45, 2.75) is 33.0 Å². The third-order valence-electron chi connectivity index (χ3n) is 5.77. The summed E-state index contributed by atoms with van der Waals surface area (Å²) in [4.78, 5) is 37.1. The zero-order valence-electron chi connectivity index (χ0n) is 19.6. The molecule has 1 fully saturated rings. The lowest BCUT2D eigenvalue weighted by molar-refractivity contribution is 0.0980. The maximum Gasteiger partial charge on any atom is 0.410 e. The molecule has 4 rings (SSSR count).